The molecule has 0 bridgehead atoms. The lowest BCUT2D eigenvalue weighted by Gasteiger charge is -2.18. The van der Waals surface area contributed by atoms with Gasteiger partial charge in [-0.3, -0.25) is 4.98 Å². The average Bonchev–Trinajstić information content (AvgIpc) is 2.42. The predicted octanol–water partition coefficient (Wildman–Crippen LogP) is 1.44. The molecule has 0 aliphatic carbocycles. The van der Waals surface area contributed by atoms with E-state index < -0.39 is 10.0 Å². The summed E-state index contributed by atoms with van der Waals surface area (Å²) in [5.74, 6) is 0. The van der Waals surface area contributed by atoms with Crippen molar-refractivity contribution in [3.05, 3.63) is 18.5 Å². The monoisotopic (exact) mass is 282 g/mol. The van der Waals surface area contributed by atoms with E-state index in [2.05, 4.69) is 10.3 Å². The number of nitrogens with one attached hydrogen (secondary N) is 1. The van der Waals surface area contributed by atoms with Crippen LogP contribution in [-0.4, -0.2) is 37.8 Å². The van der Waals surface area contributed by atoms with Crippen LogP contribution in [0.4, 0.5) is 5.69 Å². The van der Waals surface area contributed by atoms with Crippen LogP contribution in [0.2, 0.25) is 0 Å². The number of sulfonamides is 1. The van der Waals surface area contributed by atoms with Crippen molar-refractivity contribution in [2.75, 3.05) is 25.5 Å². The average molecular weight is 282 g/mol. The number of hydrogen-bond acceptors (Lipinski definition) is 5. The quantitative estimate of drug-likeness (QED) is 0.817. The molecule has 19 heavy (non-hydrogen) atoms. The van der Waals surface area contributed by atoms with Gasteiger partial charge in [-0.2, -0.15) is 9.57 Å². The first kappa shape index (κ1) is 15.4. The number of hydrogen-bond donors (Lipinski definition) is 1. The number of nitriles is 1. The van der Waals surface area contributed by atoms with E-state index in [0.717, 1.165) is 6.42 Å². The molecule has 0 amide bonds. The van der Waals surface area contributed by atoms with E-state index in [-0.39, 0.29) is 17.9 Å². The van der Waals surface area contributed by atoms with E-state index in [1.165, 1.54) is 17.5 Å². The largest absolute Gasteiger partial charge is 0.384 e. The Bertz CT molecular complexity index is 551. The molecule has 0 aromatic carbocycles. The van der Waals surface area contributed by atoms with Gasteiger partial charge in [0.2, 0.25) is 10.0 Å². The van der Waals surface area contributed by atoms with Crippen molar-refractivity contribution in [2.45, 2.75) is 24.7 Å². The number of rotatable bonds is 7. The molecule has 1 aromatic heterocycles. The first-order valence-electron chi connectivity index (χ1n) is 6.05. The smallest absolute Gasteiger partial charge is 0.246 e. The standard InChI is InChI=1S/C12H18N4O2S/c1-3-7-15-11-5-8-14-10-12(11)19(17,18)16(2)9-4-6-13/h5,8,10H,3-4,7,9H2,1-2H3,(H,14,15). The van der Waals surface area contributed by atoms with Crippen LogP contribution in [0, 0.1) is 11.3 Å². The van der Waals surface area contributed by atoms with Gasteiger partial charge in [-0.1, -0.05) is 6.92 Å². The molecule has 0 saturated carbocycles. The molecule has 0 aliphatic heterocycles. The molecule has 1 aromatic rings. The van der Waals surface area contributed by atoms with Crippen molar-refractivity contribution < 1.29 is 8.42 Å². The van der Waals surface area contributed by atoms with Crippen molar-refractivity contribution in [3.63, 3.8) is 0 Å². The second-order valence-electron chi connectivity index (χ2n) is 4.03. The fourth-order valence-electron chi connectivity index (χ4n) is 1.49. The van der Waals surface area contributed by atoms with E-state index in [9.17, 15) is 8.42 Å². The van der Waals surface area contributed by atoms with Crippen molar-refractivity contribution in [1.82, 2.24) is 9.29 Å². The minimum absolute atomic E-state index is 0.142. The molecule has 6 nitrogen and oxygen atoms in total. The Morgan fingerprint density at radius 3 is 2.89 bits per heavy atom. The summed E-state index contributed by atoms with van der Waals surface area (Å²) < 4.78 is 25.9. The summed E-state index contributed by atoms with van der Waals surface area (Å²) in [5, 5.41) is 11.6. The number of aromatic nitrogens is 1. The van der Waals surface area contributed by atoms with E-state index in [1.54, 1.807) is 12.3 Å². The molecule has 0 unspecified atom stereocenters. The van der Waals surface area contributed by atoms with Crippen LogP contribution in [0.3, 0.4) is 0 Å². The molecule has 104 valence electrons. The molecular weight excluding hydrogens is 264 g/mol. The highest BCUT2D eigenvalue weighted by Gasteiger charge is 2.23. The summed E-state index contributed by atoms with van der Waals surface area (Å²) in [7, 11) is -2.15. The van der Waals surface area contributed by atoms with Gasteiger partial charge in [-0.15, -0.1) is 0 Å². The molecule has 0 aliphatic rings. The third-order valence-electron chi connectivity index (χ3n) is 2.58. The van der Waals surface area contributed by atoms with E-state index in [1.807, 2.05) is 13.0 Å². The lowest BCUT2D eigenvalue weighted by molar-refractivity contribution is 0.476. The van der Waals surface area contributed by atoms with Gasteiger partial charge in [0, 0.05) is 39.0 Å². The maximum atomic E-state index is 12.4. The summed E-state index contributed by atoms with van der Waals surface area (Å²) in [6.45, 7) is 2.86. The number of anilines is 1. The van der Waals surface area contributed by atoms with Crippen molar-refractivity contribution in [2.24, 2.45) is 0 Å². The Balaban J connectivity index is 3.04. The second-order valence-corrected chi connectivity index (χ2v) is 6.05. The van der Waals surface area contributed by atoms with Gasteiger partial charge in [0.1, 0.15) is 4.90 Å². The molecule has 0 radical (unpaired) electrons. The van der Waals surface area contributed by atoms with Gasteiger partial charge in [-0.25, -0.2) is 8.42 Å². The summed E-state index contributed by atoms with van der Waals surface area (Å²) in [6, 6.07) is 3.57. The van der Waals surface area contributed by atoms with Crippen LogP contribution >= 0.6 is 0 Å². The van der Waals surface area contributed by atoms with Crippen molar-refractivity contribution in [1.29, 1.82) is 5.26 Å². The fraction of sp³-hybridized carbons (Fsp3) is 0.500. The Kier molecular flexibility index (Phi) is 5.73. The molecule has 0 saturated heterocycles. The van der Waals surface area contributed by atoms with Crippen molar-refractivity contribution >= 4 is 15.7 Å². The fourth-order valence-corrected chi connectivity index (χ4v) is 2.77. The highest BCUT2D eigenvalue weighted by Crippen LogP contribution is 2.22. The molecule has 0 spiro atoms. The summed E-state index contributed by atoms with van der Waals surface area (Å²) in [4.78, 5) is 4.01. The first-order chi connectivity index (χ1) is 9.04. The van der Waals surface area contributed by atoms with Gasteiger partial charge >= 0.3 is 0 Å². The Morgan fingerprint density at radius 1 is 1.53 bits per heavy atom. The third kappa shape index (κ3) is 3.91. The molecule has 1 N–H and O–H groups in total. The van der Waals surface area contributed by atoms with Gasteiger partial charge in [0.15, 0.2) is 0 Å². The lowest BCUT2D eigenvalue weighted by Crippen LogP contribution is -2.28. The molecule has 7 heteroatoms. The SMILES string of the molecule is CCCNc1ccncc1S(=O)(=O)N(C)CCC#N. The number of pyridine rings is 1. The lowest BCUT2D eigenvalue weighted by atomic mass is 10.4. The Hall–Kier alpha value is -1.65. The zero-order valence-electron chi connectivity index (χ0n) is 11.1. The molecule has 0 atom stereocenters. The summed E-state index contributed by atoms with van der Waals surface area (Å²) >= 11 is 0. The molecular formula is C12H18N4O2S. The highest BCUT2D eigenvalue weighted by molar-refractivity contribution is 7.89. The highest BCUT2D eigenvalue weighted by atomic mass is 32.2. The number of nitrogens with zero attached hydrogens (tertiary/aromatic N) is 3. The minimum Gasteiger partial charge on any atom is -0.384 e. The van der Waals surface area contributed by atoms with Crippen LogP contribution in [0.1, 0.15) is 19.8 Å². The minimum atomic E-state index is -3.62. The molecule has 1 rings (SSSR count). The van der Waals surface area contributed by atoms with Crippen LogP contribution in [0.5, 0.6) is 0 Å². The topological polar surface area (TPSA) is 86.1 Å². The van der Waals surface area contributed by atoms with Gasteiger partial charge in [0.05, 0.1) is 11.8 Å². The zero-order chi connectivity index (χ0) is 14.3. The van der Waals surface area contributed by atoms with Crippen molar-refractivity contribution in [3.8, 4) is 6.07 Å². The van der Waals surface area contributed by atoms with E-state index >= 15 is 0 Å². The summed E-state index contributed by atoms with van der Waals surface area (Å²) in [6.07, 6.45) is 3.93. The maximum Gasteiger partial charge on any atom is 0.246 e. The van der Waals surface area contributed by atoms with E-state index in [0.29, 0.717) is 12.2 Å². The Labute approximate surface area is 114 Å². The normalized spacial score (nSPS) is 11.3. The van der Waals surface area contributed by atoms with Gasteiger partial charge in [0.25, 0.3) is 0 Å². The van der Waals surface area contributed by atoms with Gasteiger partial charge in [-0.05, 0) is 12.5 Å². The first-order valence-corrected chi connectivity index (χ1v) is 7.49. The maximum absolute atomic E-state index is 12.4. The van der Waals surface area contributed by atoms with Crippen LogP contribution in [0.25, 0.3) is 0 Å². The van der Waals surface area contributed by atoms with Crippen LogP contribution in [-0.2, 0) is 10.0 Å². The van der Waals surface area contributed by atoms with Crippen LogP contribution in [0.15, 0.2) is 23.4 Å². The Morgan fingerprint density at radius 2 is 2.26 bits per heavy atom. The second kappa shape index (κ2) is 7.07. The zero-order valence-corrected chi connectivity index (χ0v) is 11.9. The van der Waals surface area contributed by atoms with E-state index in [4.69, 9.17) is 5.26 Å². The molecule has 1 heterocycles. The summed E-state index contributed by atoms with van der Waals surface area (Å²) in [5.41, 5.74) is 0.542. The predicted molar refractivity (Wildman–Crippen MR) is 73.1 cm³/mol. The van der Waals surface area contributed by atoms with Gasteiger partial charge < -0.3 is 5.32 Å². The van der Waals surface area contributed by atoms with Crippen LogP contribution < -0.4 is 5.32 Å². The third-order valence-corrected chi connectivity index (χ3v) is 4.46. The molecule has 0 fully saturated rings.